The third-order valence-electron chi connectivity index (χ3n) is 4.51. The Hall–Kier alpha value is -3.69. The Morgan fingerprint density at radius 2 is 2.14 bits per heavy atom. The minimum absolute atomic E-state index is 0.0444. The molecule has 28 heavy (non-hydrogen) atoms. The molecule has 0 spiro atoms. The van der Waals surface area contributed by atoms with Gasteiger partial charge in [0.1, 0.15) is 11.5 Å². The van der Waals surface area contributed by atoms with E-state index in [1.165, 1.54) is 24.5 Å². The van der Waals surface area contributed by atoms with Crippen LogP contribution < -0.4 is 21.1 Å². The molecule has 1 amide bonds. The number of fused-ring (bicyclic) bond motifs is 2. The number of nitrogens with one attached hydrogen (secondary N) is 2. The largest absolute Gasteiger partial charge is 0.465 e. The van der Waals surface area contributed by atoms with E-state index in [-0.39, 0.29) is 29.5 Å². The minimum Gasteiger partial charge on any atom is -0.465 e. The molecule has 0 saturated heterocycles. The number of nitrogens with zero attached hydrogens (tertiary/aromatic N) is 2. The van der Waals surface area contributed by atoms with Gasteiger partial charge < -0.3 is 20.9 Å². The summed E-state index contributed by atoms with van der Waals surface area (Å²) in [5.41, 5.74) is 7.55. The number of nitrogens with two attached hydrogens (primary N) is 1. The summed E-state index contributed by atoms with van der Waals surface area (Å²) >= 11 is 0. The average Bonchev–Trinajstić information content (AvgIpc) is 2.64. The smallest absolute Gasteiger partial charge is 0.410 e. The van der Waals surface area contributed by atoms with E-state index in [0.29, 0.717) is 27.6 Å². The molecule has 0 bridgehead atoms. The number of rotatable bonds is 2. The van der Waals surface area contributed by atoms with Gasteiger partial charge in [-0.05, 0) is 30.0 Å². The van der Waals surface area contributed by atoms with Gasteiger partial charge in [-0.25, -0.2) is 19.2 Å². The molecule has 0 unspecified atom stereocenters. The first-order valence-corrected chi connectivity index (χ1v) is 8.27. The Kier molecular flexibility index (Phi) is 4.10. The van der Waals surface area contributed by atoms with Gasteiger partial charge in [0.05, 0.1) is 12.2 Å². The molecular formula is C18H15F2N5O3. The molecule has 1 aliphatic rings. The maximum absolute atomic E-state index is 15.0. The lowest BCUT2D eigenvalue weighted by Crippen LogP contribution is -2.27. The highest BCUT2D eigenvalue weighted by molar-refractivity contribution is 5.99. The van der Waals surface area contributed by atoms with Crippen molar-refractivity contribution in [2.24, 2.45) is 0 Å². The summed E-state index contributed by atoms with van der Waals surface area (Å²) in [6.07, 6.45) is -0.0905. The van der Waals surface area contributed by atoms with Gasteiger partial charge in [-0.2, -0.15) is 4.39 Å². The van der Waals surface area contributed by atoms with E-state index in [0.717, 1.165) is 0 Å². The fourth-order valence-electron chi connectivity index (χ4n) is 3.17. The Balaban J connectivity index is 1.89. The van der Waals surface area contributed by atoms with Gasteiger partial charge in [0.25, 0.3) is 6.36 Å². The molecule has 0 saturated carbocycles. The number of carbonyl (C=O) groups is 1. The second-order valence-electron chi connectivity index (χ2n) is 6.26. The van der Waals surface area contributed by atoms with E-state index in [4.69, 9.17) is 15.6 Å². The molecule has 2 aromatic heterocycles. The Labute approximate surface area is 157 Å². The third kappa shape index (κ3) is 2.88. The van der Waals surface area contributed by atoms with Crippen LogP contribution in [0.4, 0.5) is 30.8 Å². The number of anilines is 3. The zero-order chi connectivity index (χ0) is 20.0. The second kappa shape index (κ2) is 6.48. The van der Waals surface area contributed by atoms with Gasteiger partial charge in [0.15, 0.2) is 5.82 Å². The van der Waals surface area contributed by atoms with Crippen molar-refractivity contribution in [2.45, 2.75) is 13.3 Å². The fourth-order valence-corrected chi connectivity index (χ4v) is 3.17. The predicted octanol–water partition coefficient (Wildman–Crippen LogP) is 3.52. The summed E-state index contributed by atoms with van der Waals surface area (Å²) in [6.45, 7) is 1.69. The van der Waals surface area contributed by atoms with Crippen LogP contribution in [0.5, 0.6) is 5.88 Å². The van der Waals surface area contributed by atoms with Crippen LogP contribution in [0.2, 0.25) is 0 Å². The normalized spacial score (nSPS) is 15.5. The molecular weight excluding hydrogens is 372 g/mol. The molecule has 10 heteroatoms. The lowest BCUT2D eigenvalue weighted by molar-refractivity contribution is 0.0688. The first-order valence-electron chi connectivity index (χ1n) is 8.27. The second-order valence-corrected chi connectivity index (χ2v) is 6.26. The molecule has 4 rings (SSSR count). The van der Waals surface area contributed by atoms with Crippen molar-refractivity contribution in [2.75, 3.05) is 22.9 Å². The summed E-state index contributed by atoms with van der Waals surface area (Å²) in [5, 5.41) is 14.7. The van der Waals surface area contributed by atoms with Crippen molar-refractivity contribution < 1.29 is 23.4 Å². The molecule has 0 aliphatic carbocycles. The monoisotopic (exact) mass is 387 g/mol. The first kappa shape index (κ1) is 17.7. The van der Waals surface area contributed by atoms with Crippen molar-refractivity contribution in [3.63, 3.8) is 0 Å². The first-order chi connectivity index (χ1) is 13.3. The van der Waals surface area contributed by atoms with Gasteiger partial charge in [-0.1, -0.05) is 0 Å². The number of aromatic nitrogens is 2. The maximum atomic E-state index is 15.0. The quantitative estimate of drug-likeness (QED) is 0.496. The number of carboxylic acid groups (broad SMARTS) is 1. The van der Waals surface area contributed by atoms with E-state index < -0.39 is 18.3 Å². The van der Waals surface area contributed by atoms with Gasteiger partial charge in [-0.3, -0.25) is 5.32 Å². The van der Waals surface area contributed by atoms with Crippen LogP contribution in [-0.2, 0) is 0 Å². The fraction of sp³-hybridized carbons (Fsp3) is 0.167. The van der Waals surface area contributed by atoms with Crippen LogP contribution in [0, 0.1) is 12.7 Å². The van der Waals surface area contributed by atoms with Crippen LogP contribution in [0.15, 0.2) is 24.5 Å². The standard InChI is InChI=1S/C18H15F2N5O3/c1-7-10(4-24-17-16(7)23-6-12(19)28-17)9-2-8-3-13(25-18(26)27)22-5-11(8)15(21)14(9)20/h2-5,12,23H,6,21H2,1H3,(H,22,25)(H,26,27)/t12-/m0/s1. The summed E-state index contributed by atoms with van der Waals surface area (Å²) in [5.74, 6) is -0.467. The van der Waals surface area contributed by atoms with Crippen LogP contribution in [0.25, 0.3) is 21.9 Å². The van der Waals surface area contributed by atoms with Crippen LogP contribution in [0.1, 0.15) is 5.56 Å². The minimum atomic E-state index is -1.51. The molecule has 5 N–H and O–H groups in total. The van der Waals surface area contributed by atoms with Crippen LogP contribution >= 0.6 is 0 Å². The van der Waals surface area contributed by atoms with E-state index in [2.05, 4.69) is 20.6 Å². The number of alkyl halides is 1. The summed E-state index contributed by atoms with van der Waals surface area (Å²) < 4.78 is 33.4. The number of nitrogen functional groups attached to an aromatic ring is 1. The lowest BCUT2D eigenvalue weighted by Gasteiger charge is -2.24. The van der Waals surface area contributed by atoms with Crippen molar-refractivity contribution in [3.05, 3.63) is 35.9 Å². The van der Waals surface area contributed by atoms with E-state index >= 15 is 4.39 Å². The number of hydrogen-bond acceptors (Lipinski definition) is 6. The topological polar surface area (TPSA) is 122 Å². The van der Waals surface area contributed by atoms with Crippen LogP contribution in [-0.4, -0.2) is 34.1 Å². The molecule has 3 aromatic rings. The number of ether oxygens (including phenoxy) is 1. The van der Waals surface area contributed by atoms with Gasteiger partial charge >= 0.3 is 6.09 Å². The van der Waals surface area contributed by atoms with Gasteiger partial charge in [0, 0.05) is 28.9 Å². The summed E-state index contributed by atoms with van der Waals surface area (Å²) in [7, 11) is 0. The van der Waals surface area contributed by atoms with Crippen molar-refractivity contribution >= 4 is 34.1 Å². The summed E-state index contributed by atoms with van der Waals surface area (Å²) in [6, 6.07) is 2.99. The molecule has 1 aliphatic heterocycles. The average molecular weight is 387 g/mol. The SMILES string of the molecule is Cc1c(-c2cc3cc(NC(=O)O)ncc3c(N)c2F)cnc2c1NC[C@@H](F)O2. The molecule has 144 valence electrons. The number of pyridine rings is 2. The number of amides is 1. The zero-order valence-electron chi connectivity index (χ0n) is 14.6. The Morgan fingerprint density at radius 3 is 2.89 bits per heavy atom. The van der Waals surface area contributed by atoms with Crippen molar-refractivity contribution in [3.8, 4) is 17.0 Å². The molecule has 3 heterocycles. The third-order valence-corrected chi connectivity index (χ3v) is 4.51. The molecule has 0 radical (unpaired) electrons. The predicted molar refractivity (Wildman–Crippen MR) is 99.7 cm³/mol. The van der Waals surface area contributed by atoms with Gasteiger partial charge in [0.2, 0.25) is 5.88 Å². The van der Waals surface area contributed by atoms with Gasteiger partial charge in [-0.15, -0.1) is 0 Å². The van der Waals surface area contributed by atoms with E-state index in [1.807, 2.05) is 0 Å². The summed E-state index contributed by atoms with van der Waals surface area (Å²) in [4.78, 5) is 18.8. The van der Waals surface area contributed by atoms with Crippen molar-refractivity contribution in [1.82, 2.24) is 9.97 Å². The number of halogens is 2. The Bertz CT molecular complexity index is 1120. The van der Waals surface area contributed by atoms with Crippen LogP contribution in [0.3, 0.4) is 0 Å². The molecule has 1 aromatic carbocycles. The highest BCUT2D eigenvalue weighted by Gasteiger charge is 2.24. The highest BCUT2D eigenvalue weighted by atomic mass is 19.1. The molecule has 0 fully saturated rings. The Morgan fingerprint density at radius 1 is 1.36 bits per heavy atom. The number of hydrogen-bond donors (Lipinski definition) is 4. The molecule has 8 nitrogen and oxygen atoms in total. The van der Waals surface area contributed by atoms with Crippen molar-refractivity contribution in [1.29, 1.82) is 0 Å². The number of benzene rings is 1. The molecule has 1 atom stereocenters. The van der Waals surface area contributed by atoms with E-state index in [9.17, 15) is 9.18 Å². The van der Waals surface area contributed by atoms with E-state index in [1.54, 1.807) is 6.92 Å². The maximum Gasteiger partial charge on any atom is 0.410 e. The zero-order valence-corrected chi connectivity index (χ0v) is 14.6. The lowest BCUT2D eigenvalue weighted by atomic mass is 9.97. The highest BCUT2D eigenvalue weighted by Crippen LogP contribution is 2.40.